The number of carbonyl (C=O) groups is 2. The molecular weight excluding hydrogens is 267 g/mol. The summed E-state index contributed by atoms with van der Waals surface area (Å²) in [4.78, 5) is 23.4. The van der Waals surface area contributed by atoms with Crippen molar-refractivity contribution in [1.82, 2.24) is 0 Å². The molecule has 0 amide bonds. The van der Waals surface area contributed by atoms with Gasteiger partial charge >= 0.3 is 19.6 Å². The zero-order valence-corrected chi connectivity index (χ0v) is 11.8. The fourth-order valence-corrected chi connectivity index (χ4v) is 1.79. The number of aryl methyl sites for hydroxylation is 2. The zero-order valence-electron chi connectivity index (χ0n) is 11.8. The van der Waals surface area contributed by atoms with E-state index in [4.69, 9.17) is 9.31 Å². The molecule has 0 aliphatic heterocycles. The Labute approximate surface area is 124 Å². The Kier molecular flexibility index (Phi) is 4.77. The van der Waals surface area contributed by atoms with Crippen LogP contribution in [-0.4, -0.2) is 19.6 Å². The lowest BCUT2D eigenvalue weighted by Gasteiger charge is -2.05. The van der Waals surface area contributed by atoms with Crippen LogP contribution in [0.15, 0.2) is 48.5 Å². The highest BCUT2D eigenvalue weighted by Gasteiger charge is 2.14. The molecule has 0 aliphatic carbocycles. The van der Waals surface area contributed by atoms with E-state index in [-0.39, 0.29) is 0 Å². The zero-order chi connectivity index (χ0) is 15.2. The van der Waals surface area contributed by atoms with Gasteiger partial charge in [0, 0.05) is 0 Å². The highest BCUT2D eigenvalue weighted by Crippen LogP contribution is 2.07. The normalized spacial score (nSPS) is 9.81. The number of benzene rings is 2. The lowest BCUT2D eigenvalue weighted by atomic mass is 10.1. The maximum absolute atomic E-state index is 11.7. The molecule has 0 saturated carbocycles. The average molecular weight is 281 g/mol. The van der Waals surface area contributed by atoms with Crippen LogP contribution in [-0.2, 0) is 9.31 Å². The third-order valence-electron chi connectivity index (χ3n) is 2.82. The number of hydrogen-bond acceptors (Lipinski definition) is 4. The fourth-order valence-electron chi connectivity index (χ4n) is 1.79. The highest BCUT2D eigenvalue weighted by atomic mass is 16.6. The summed E-state index contributed by atoms with van der Waals surface area (Å²) in [5, 5.41) is 0. The second-order valence-electron chi connectivity index (χ2n) is 4.65. The summed E-state index contributed by atoms with van der Waals surface area (Å²) in [6.07, 6.45) is 0. The first-order valence-corrected chi connectivity index (χ1v) is 6.43. The monoisotopic (exact) mass is 281 g/mol. The van der Waals surface area contributed by atoms with Crippen molar-refractivity contribution in [2.45, 2.75) is 13.8 Å². The van der Waals surface area contributed by atoms with Crippen LogP contribution in [0.4, 0.5) is 0 Å². The van der Waals surface area contributed by atoms with Gasteiger partial charge in [-0.1, -0.05) is 35.4 Å². The van der Waals surface area contributed by atoms with Gasteiger partial charge in [0.15, 0.2) is 0 Å². The molecule has 2 aromatic carbocycles. The molecular formula is C16H14BO4. The summed E-state index contributed by atoms with van der Waals surface area (Å²) in [6.45, 7) is 3.75. The predicted molar refractivity (Wildman–Crippen MR) is 78.9 cm³/mol. The van der Waals surface area contributed by atoms with Crippen LogP contribution in [0.5, 0.6) is 0 Å². The summed E-state index contributed by atoms with van der Waals surface area (Å²) in [5.41, 5.74) is 2.69. The minimum atomic E-state index is -0.573. The first kappa shape index (κ1) is 14.8. The molecule has 5 heteroatoms. The second kappa shape index (κ2) is 6.75. The van der Waals surface area contributed by atoms with Gasteiger partial charge < -0.3 is 9.31 Å². The van der Waals surface area contributed by atoms with Crippen molar-refractivity contribution in [3.05, 3.63) is 70.8 Å². The van der Waals surface area contributed by atoms with E-state index in [0.29, 0.717) is 11.1 Å². The molecule has 0 atom stereocenters. The summed E-state index contributed by atoms with van der Waals surface area (Å²) < 4.78 is 9.60. The first-order valence-electron chi connectivity index (χ1n) is 6.43. The molecule has 0 N–H and O–H groups in total. The molecule has 0 bridgehead atoms. The summed E-state index contributed by atoms with van der Waals surface area (Å²) in [6, 6.07) is 13.9. The van der Waals surface area contributed by atoms with Gasteiger partial charge in [-0.05, 0) is 38.1 Å². The van der Waals surface area contributed by atoms with Crippen LogP contribution in [0.1, 0.15) is 31.8 Å². The molecule has 0 spiro atoms. The van der Waals surface area contributed by atoms with Crippen molar-refractivity contribution in [3.63, 3.8) is 0 Å². The van der Waals surface area contributed by atoms with E-state index < -0.39 is 11.9 Å². The van der Waals surface area contributed by atoms with Gasteiger partial charge in [0.25, 0.3) is 0 Å². The molecule has 0 aromatic heterocycles. The molecule has 2 aromatic rings. The van der Waals surface area contributed by atoms with Crippen molar-refractivity contribution >= 4 is 19.6 Å². The van der Waals surface area contributed by atoms with Gasteiger partial charge in [-0.25, -0.2) is 9.59 Å². The largest absolute Gasteiger partial charge is 0.662 e. The van der Waals surface area contributed by atoms with Crippen LogP contribution >= 0.6 is 0 Å². The second-order valence-corrected chi connectivity index (χ2v) is 4.65. The van der Waals surface area contributed by atoms with Crippen LogP contribution < -0.4 is 0 Å². The smallest absolute Gasteiger partial charge is 0.496 e. The average Bonchev–Trinajstić information content (AvgIpc) is 2.47. The van der Waals surface area contributed by atoms with Gasteiger partial charge in [0.1, 0.15) is 0 Å². The molecule has 105 valence electrons. The van der Waals surface area contributed by atoms with Crippen molar-refractivity contribution in [3.8, 4) is 0 Å². The number of hydrogen-bond donors (Lipinski definition) is 0. The van der Waals surface area contributed by atoms with Crippen molar-refractivity contribution in [2.75, 3.05) is 0 Å². The van der Waals surface area contributed by atoms with Gasteiger partial charge in [0.2, 0.25) is 0 Å². The Balaban J connectivity index is 1.87. The molecule has 0 saturated heterocycles. The Morgan fingerprint density at radius 1 is 0.810 bits per heavy atom. The van der Waals surface area contributed by atoms with E-state index in [1.807, 2.05) is 26.0 Å². The summed E-state index contributed by atoms with van der Waals surface area (Å²) in [7, 11) is 0.759. The van der Waals surface area contributed by atoms with E-state index in [1.54, 1.807) is 36.4 Å². The van der Waals surface area contributed by atoms with Crippen molar-refractivity contribution in [2.24, 2.45) is 0 Å². The molecule has 21 heavy (non-hydrogen) atoms. The molecule has 0 fully saturated rings. The molecule has 4 nitrogen and oxygen atoms in total. The van der Waals surface area contributed by atoms with Crippen LogP contribution in [0.25, 0.3) is 0 Å². The quantitative estimate of drug-likeness (QED) is 0.808. The van der Waals surface area contributed by atoms with Gasteiger partial charge in [-0.2, -0.15) is 0 Å². The highest BCUT2D eigenvalue weighted by molar-refractivity contribution is 6.28. The van der Waals surface area contributed by atoms with Crippen molar-refractivity contribution < 1.29 is 18.9 Å². The third kappa shape index (κ3) is 4.21. The predicted octanol–water partition coefficient (Wildman–Crippen LogP) is 2.85. The van der Waals surface area contributed by atoms with E-state index in [9.17, 15) is 9.59 Å². The maximum atomic E-state index is 11.7. The molecule has 0 aliphatic rings. The molecule has 0 unspecified atom stereocenters. The Hall–Kier alpha value is -2.56. The lowest BCUT2D eigenvalue weighted by molar-refractivity contribution is 0.0632. The molecule has 1 radical (unpaired) electrons. The maximum Gasteiger partial charge on any atom is 0.662 e. The number of rotatable bonds is 4. The van der Waals surface area contributed by atoms with Crippen molar-refractivity contribution in [1.29, 1.82) is 0 Å². The lowest BCUT2D eigenvalue weighted by Crippen LogP contribution is -2.16. The van der Waals surface area contributed by atoms with Crippen LogP contribution in [0, 0.1) is 13.8 Å². The Morgan fingerprint density at radius 3 is 1.62 bits per heavy atom. The Bertz CT molecular complexity index is 609. The minimum absolute atomic E-state index is 0.401. The Morgan fingerprint density at radius 2 is 1.24 bits per heavy atom. The third-order valence-corrected chi connectivity index (χ3v) is 2.82. The number of carbonyl (C=O) groups excluding carboxylic acids is 2. The SMILES string of the molecule is Cc1cccc(C(=O)O[B]OC(=O)c2cccc(C)c2)c1. The summed E-state index contributed by atoms with van der Waals surface area (Å²) >= 11 is 0. The van der Waals surface area contributed by atoms with Crippen LogP contribution in [0.3, 0.4) is 0 Å². The topological polar surface area (TPSA) is 52.6 Å². The molecule has 0 heterocycles. The van der Waals surface area contributed by atoms with Gasteiger partial charge in [-0.15, -0.1) is 0 Å². The van der Waals surface area contributed by atoms with E-state index in [1.165, 1.54) is 0 Å². The fraction of sp³-hybridized carbons (Fsp3) is 0.125. The minimum Gasteiger partial charge on any atom is -0.496 e. The van der Waals surface area contributed by atoms with E-state index in [0.717, 1.165) is 18.8 Å². The van der Waals surface area contributed by atoms with Gasteiger partial charge in [0.05, 0.1) is 11.1 Å². The summed E-state index contributed by atoms with van der Waals surface area (Å²) in [5.74, 6) is -1.15. The molecule has 2 rings (SSSR count). The standard InChI is InChI=1S/C16H14BO4/c1-11-5-3-7-13(9-11)15(18)20-17-21-16(19)14-8-4-6-12(2)10-14/h3-10H,1-2H3. The van der Waals surface area contributed by atoms with Crippen LogP contribution in [0.2, 0.25) is 0 Å². The van der Waals surface area contributed by atoms with E-state index in [2.05, 4.69) is 0 Å². The van der Waals surface area contributed by atoms with E-state index >= 15 is 0 Å². The first-order chi connectivity index (χ1) is 10.1. The van der Waals surface area contributed by atoms with Gasteiger partial charge in [-0.3, -0.25) is 0 Å².